The molecule has 0 spiro atoms. The fourth-order valence-electron chi connectivity index (χ4n) is 0.961. The lowest BCUT2D eigenvalue weighted by Gasteiger charge is -2.03. The predicted octanol–water partition coefficient (Wildman–Crippen LogP) is 2.19. The van der Waals surface area contributed by atoms with Crippen LogP contribution >= 0.6 is 28.6 Å². The summed E-state index contributed by atoms with van der Waals surface area (Å²) in [7, 11) is 0. The fraction of sp³-hybridized carbons (Fsp3) is 0.222. The molecule has 1 aromatic carbocycles. The number of hydrogen-bond donors (Lipinski definition) is 2. The molecule has 0 aromatic heterocycles. The number of hydrogen-bond acceptors (Lipinski definition) is 3. The van der Waals surface area contributed by atoms with Crippen LogP contribution in [0, 0.1) is 0 Å². The molecular formula is C9H9BrO2S. The van der Waals surface area contributed by atoms with Gasteiger partial charge in [-0.1, -0.05) is 22.0 Å². The Balaban J connectivity index is 2.83. The van der Waals surface area contributed by atoms with Crippen LogP contribution in [-0.2, 0) is 11.2 Å². The molecule has 0 aliphatic carbocycles. The average Bonchev–Trinajstić information content (AvgIpc) is 2.09. The van der Waals surface area contributed by atoms with Gasteiger partial charge in [-0.15, -0.1) is 12.6 Å². The Morgan fingerprint density at radius 1 is 1.54 bits per heavy atom. The van der Waals surface area contributed by atoms with Crippen LogP contribution in [0.2, 0.25) is 0 Å². The number of phenols is 1. The highest BCUT2D eigenvalue weighted by molar-refractivity contribution is 9.09. The van der Waals surface area contributed by atoms with Gasteiger partial charge < -0.3 is 5.11 Å². The minimum Gasteiger partial charge on any atom is -0.508 e. The minimum absolute atomic E-state index is 0.0981. The van der Waals surface area contributed by atoms with E-state index in [2.05, 4.69) is 28.6 Å². The van der Waals surface area contributed by atoms with Crippen molar-refractivity contribution in [3.05, 3.63) is 23.8 Å². The SMILES string of the molecule is O=C(CBr)Cc1ccc(O)cc1S. The van der Waals surface area contributed by atoms with Crippen LogP contribution in [0.1, 0.15) is 5.56 Å². The molecule has 0 saturated heterocycles. The van der Waals surface area contributed by atoms with Crippen molar-refractivity contribution in [2.24, 2.45) is 0 Å². The quantitative estimate of drug-likeness (QED) is 0.646. The standard InChI is InChI=1S/C9H9BrO2S/c10-5-8(12)3-6-1-2-7(11)4-9(6)13/h1-2,4,11,13H,3,5H2. The second-order valence-electron chi connectivity index (χ2n) is 2.66. The highest BCUT2D eigenvalue weighted by atomic mass is 79.9. The Bertz CT molecular complexity index is 325. The van der Waals surface area contributed by atoms with E-state index in [-0.39, 0.29) is 11.5 Å². The van der Waals surface area contributed by atoms with Crippen LogP contribution in [0.3, 0.4) is 0 Å². The normalized spacial score (nSPS) is 10.0. The molecule has 0 unspecified atom stereocenters. The highest BCUT2D eigenvalue weighted by Gasteiger charge is 2.05. The maximum absolute atomic E-state index is 11.1. The summed E-state index contributed by atoms with van der Waals surface area (Å²) >= 11 is 7.24. The number of ketones is 1. The van der Waals surface area contributed by atoms with E-state index in [4.69, 9.17) is 5.11 Å². The number of thiol groups is 1. The Labute approximate surface area is 90.5 Å². The summed E-state index contributed by atoms with van der Waals surface area (Å²) < 4.78 is 0. The lowest BCUT2D eigenvalue weighted by Crippen LogP contribution is -2.03. The molecule has 0 aliphatic rings. The van der Waals surface area contributed by atoms with Gasteiger partial charge in [0.15, 0.2) is 0 Å². The van der Waals surface area contributed by atoms with E-state index in [1.165, 1.54) is 6.07 Å². The summed E-state index contributed by atoms with van der Waals surface area (Å²) in [6.45, 7) is 0. The van der Waals surface area contributed by atoms with Crippen molar-refractivity contribution < 1.29 is 9.90 Å². The first-order valence-corrected chi connectivity index (χ1v) is 5.29. The van der Waals surface area contributed by atoms with Crippen molar-refractivity contribution in [2.75, 3.05) is 5.33 Å². The van der Waals surface area contributed by atoms with E-state index in [1.807, 2.05) is 0 Å². The minimum atomic E-state index is 0.0981. The van der Waals surface area contributed by atoms with Crippen molar-refractivity contribution >= 4 is 34.3 Å². The second kappa shape index (κ2) is 4.67. The first-order chi connectivity index (χ1) is 6.13. The number of carbonyl (C=O) groups excluding carboxylic acids is 1. The van der Waals surface area contributed by atoms with Crippen LogP contribution in [0.15, 0.2) is 23.1 Å². The smallest absolute Gasteiger partial charge is 0.147 e. The zero-order chi connectivity index (χ0) is 9.84. The molecule has 0 radical (unpaired) electrons. The number of Topliss-reactive ketones (excluding diaryl/α,β-unsaturated/α-hetero) is 1. The topological polar surface area (TPSA) is 37.3 Å². The third-order valence-corrected chi connectivity index (χ3v) is 2.65. The van der Waals surface area contributed by atoms with Gasteiger partial charge >= 0.3 is 0 Å². The molecule has 4 heteroatoms. The number of phenolic OH excluding ortho intramolecular Hbond substituents is 1. The number of halogens is 1. The average molecular weight is 261 g/mol. The van der Waals surface area contributed by atoms with Gasteiger partial charge in [-0.3, -0.25) is 4.79 Å². The van der Waals surface area contributed by atoms with Crippen LogP contribution in [-0.4, -0.2) is 16.2 Å². The summed E-state index contributed by atoms with van der Waals surface area (Å²) in [5.41, 5.74) is 0.839. The Morgan fingerprint density at radius 3 is 2.77 bits per heavy atom. The van der Waals surface area contributed by atoms with Crippen molar-refractivity contribution in [3.63, 3.8) is 0 Å². The number of carbonyl (C=O) groups is 1. The van der Waals surface area contributed by atoms with Gasteiger partial charge in [0.2, 0.25) is 0 Å². The number of aromatic hydroxyl groups is 1. The highest BCUT2D eigenvalue weighted by Crippen LogP contribution is 2.20. The molecule has 0 saturated carbocycles. The van der Waals surface area contributed by atoms with Crippen LogP contribution in [0.5, 0.6) is 5.75 Å². The Hall–Kier alpha value is -0.480. The lowest BCUT2D eigenvalue weighted by atomic mass is 10.1. The molecule has 2 nitrogen and oxygen atoms in total. The molecule has 0 heterocycles. The van der Waals surface area contributed by atoms with Gasteiger partial charge in [-0.25, -0.2) is 0 Å². The van der Waals surface area contributed by atoms with Crippen molar-refractivity contribution in [1.82, 2.24) is 0 Å². The van der Waals surface area contributed by atoms with Crippen LogP contribution < -0.4 is 0 Å². The van der Waals surface area contributed by atoms with Gasteiger partial charge in [0.1, 0.15) is 11.5 Å². The van der Waals surface area contributed by atoms with Gasteiger partial charge in [-0.05, 0) is 17.7 Å². The van der Waals surface area contributed by atoms with Crippen molar-refractivity contribution in [3.8, 4) is 5.75 Å². The number of alkyl halides is 1. The molecule has 0 amide bonds. The molecule has 0 fully saturated rings. The van der Waals surface area contributed by atoms with E-state index in [9.17, 15) is 4.79 Å². The molecule has 0 aliphatic heterocycles. The van der Waals surface area contributed by atoms with E-state index in [0.717, 1.165) is 5.56 Å². The Kier molecular flexibility index (Phi) is 3.81. The first kappa shape index (κ1) is 10.6. The number of rotatable bonds is 3. The maximum atomic E-state index is 11.1. The summed E-state index contributed by atoms with van der Waals surface area (Å²) in [5.74, 6) is 0.265. The van der Waals surface area contributed by atoms with E-state index in [1.54, 1.807) is 12.1 Å². The maximum Gasteiger partial charge on any atom is 0.147 e. The third kappa shape index (κ3) is 3.04. The van der Waals surface area contributed by atoms with Crippen molar-refractivity contribution in [1.29, 1.82) is 0 Å². The zero-order valence-electron chi connectivity index (χ0n) is 6.83. The molecule has 13 heavy (non-hydrogen) atoms. The Morgan fingerprint density at radius 2 is 2.23 bits per heavy atom. The second-order valence-corrected chi connectivity index (χ2v) is 3.70. The summed E-state index contributed by atoms with van der Waals surface area (Å²) in [6, 6.07) is 4.79. The predicted molar refractivity (Wildman–Crippen MR) is 57.9 cm³/mol. The van der Waals surface area contributed by atoms with Crippen LogP contribution in [0.4, 0.5) is 0 Å². The van der Waals surface area contributed by atoms with Gasteiger partial charge in [0.05, 0.1) is 5.33 Å². The summed E-state index contributed by atoms with van der Waals surface area (Å²) in [5, 5.41) is 9.43. The van der Waals surface area contributed by atoms with Gasteiger partial charge in [-0.2, -0.15) is 0 Å². The third-order valence-electron chi connectivity index (χ3n) is 1.61. The van der Waals surface area contributed by atoms with Crippen LogP contribution in [0.25, 0.3) is 0 Å². The monoisotopic (exact) mass is 260 g/mol. The molecule has 1 N–H and O–H groups in total. The molecule has 0 bridgehead atoms. The molecule has 70 valence electrons. The largest absolute Gasteiger partial charge is 0.508 e. The summed E-state index contributed by atoms with van der Waals surface area (Å²) in [6.07, 6.45) is 0.352. The van der Waals surface area contributed by atoms with E-state index in [0.29, 0.717) is 16.6 Å². The first-order valence-electron chi connectivity index (χ1n) is 3.72. The van der Waals surface area contributed by atoms with E-state index >= 15 is 0 Å². The molecule has 1 rings (SSSR count). The zero-order valence-corrected chi connectivity index (χ0v) is 9.31. The molecular weight excluding hydrogens is 252 g/mol. The number of benzene rings is 1. The lowest BCUT2D eigenvalue weighted by molar-refractivity contribution is -0.115. The summed E-state index contributed by atoms with van der Waals surface area (Å²) in [4.78, 5) is 11.7. The van der Waals surface area contributed by atoms with Crippen molar-refractivity contribution in [2.45, 2.75) is 11.3 Å². The molecule has 0 atom stereocenters. The van der Waals surface area contributed by atoms with Gasteiger partial charge in [0, 0.05) is 11.3 Å². The van der Waals surface area contributed by atoms with E-state index < -0.39 is 0 Å². The fourth-order valence-corrected chi connectivity index (χ4v) is 1.45. The molecule has 1 aromatic rings. The van der Waals surface area contributed by atoms with Gasteiger partial charge in [0.25, 0.3) is 0 Å².